The van der Waals surface area contributed by atoms with Crippen LogP contribution in [0.1, 0.15) is 11.3 Å². The van der Waals surface area contributed by atoms with Crippen molar-refractivity contribution in [2.45, 2.75) is 13.5 Å². The number of hydrogen-bond donors (Lipinski definition) is 2. The van der Waals surface area contributed by atoms with E-state index in [0.717, 1.165) is 22.7 Å². The zero-order valence-electron chi connectivity index (χ0n) is 10.4. The summed E-state index contributed by atoms with van der Waals surface area (Å²) in [7, 11) is 1.95. The molecule has 0 spiro atoms. The molecule has 0 amide bonds. The third-order valence-electron chi connectivity index (χ3n) is 3.08. The molecule has 92 valence electrons. The van der Waals surface area contributed by atoms with Gasteiger partial charge in [-0.25, -0.2) is 4.98 Å². The number of nitrogens with zero attached hydrogens (tertiary/aromatic N) is 3. The summed E-state index contributed by atoms with van der Waals surface area (Å²) in [4.78, 5) is 7.72. The highest BCUT2D eigenvalue weighted by Crippen LogP contribution is 2.14. The zero-order chi connectivity index (χ0) is 12.5. The standard InChI is InChI=1S/C13H15N5/c1-9-7-15-18(2)12(9)8-14-13-16-10-5-3-4-6-11(10)17-13/h3-7H,8H2,1-2H3,(H2,14,16,17). The highest BCUT2D eigenvalue weighted by molar-refractivity contribution is 5.77. The van der Waals surface area contributed by atoms with Crippen LogP contribution in [-0.2, 0) is 13.6 Å². The maximum atomic E-state index is 4.48. The number of para-hydroxylation sites is 2. The van der Waals surface area contributed by atoms with Gasteiger partial charge in [-0.2, -0.15) is 5.10 Å². The Morgan fingerprint density at radius 3 is 2.89 bits per heavy atom. The van der Waals surface area contributed by atoms with E-state index >= 15 is 0 Å². The number of H-pyrrole nitrogens is 1. The Kier molecular flexibility index (Phi) is 2.51. The fraction of sp³-hybridized carbons (Fsp3) is 0.231. The number of imidazole rings is 1. The first-order valence-electron chi connectivity index (χ1n) is 5.90. The van der Waals surface area contributed by atoms with Gasteiger partial charge in [0.05, 0.1) is 29.5 Å². The summed E-state index contributed by atoms with van der Waals surface area (Å²) in [6, 6.07) is 7.99. The van der Waals surface area contributed by atoms with Gasteiger partial charge in [0.15, 0.2) is 0 Å². The molecule has 0 radical (unpaired) electrons. The predicted octanol–water partition coefficient (Wildman–Crippen LogP) is 2.22. The summed E-state index contributed by atoms with van der Waals surface area (Å²) in [5.41, 5.74) is 4.36. The number of aryl methyl sites for hydroxylation is 2. The van der Waals surface area contributed by atoms with Crippen LogP contribution in [0.25, 0.3) is 11.0 Å². The molecule has 0 atom stereocenters. The van der Waals surface area contributed by atoms with Gasteiger partial charge < -0.3 is 10.3 Å². The van der Waals surface area contributed by atoms with Gasteiger partial charge in [-0.3, -0.25) is 4.68 Å². The molecule has 2 aromatic heterocycles. The summed E-state index contributed by atoms with van der Waals surface area (Å²) in [5.74, 6) is 0.789. The van der Waals surface area contributed by atoms with E-state index in [9.17, 15) is 0 Å². The van der Waals surface area contributed by atoms with Gasteiger partial charge in [0.2, 0.25) is 5.95 Å². The van der Waals surface area contributed by atoms with Crippen molar-refractivity contribution in [2.75, 3.05) is 5.32 Å². The van der Waals surface area contributed by atoms with Gasteiger partial charge in [0.1, 0.15) is 0 Å². The highest BCUT2D eigenvalue weighted by Gasteiger charge is 2.06. The third kappa shape index (κ3) is 1.84. The predicted molar refractivity (Wildman–Crippen MR) is 71.4 cm³/mol. The number of aromatic nitrogens is 4. The topological polar surface area (TPSA) is 58.5 Å². The first-order valence-corrected chi connectivity index (χ1v) is 5.90. The minimum Gasteiger partial charge on any atom is -0.350 e. The average molecular weight is 241 g/mol. The molecular formula is C13H15N5. The van der Waals surface area contributed by atoms with E-state index in [2.05, 4.69) is 27.3 Å². The quantitative estimate of drug-likeness (QED) is 0.739. The van der Waals surface area contributed by atoms with E-state index in [1.165, 1.54) is 5.56 Å². The van der Waals surface area contributed by atoms with E-state index in [4.69, 9.17) is 0 Å². The summed E-state index contributed by atoms with van der Waals surface area (Å²) < 4.78 is 1.88. The van der Waals surface area contributed by atoms with Crippen molar-refractivity contribution in [1.82, 2.24) is 19.7 Å². The van der Waals surface area contributed by atoms with E-state index in [1.807, 2.05) is 42.2 Å². The lowest BCUT2D eigenvalue weighted by Gasteiger charge is -2.04. The van der Waals surface area contributed by atoms with Crippen LogP contribution >= 0.6 is 0 Å². The monoisotopic (exact) mass is 241 g/mol. The molecule has 3 aromatic rings. The fourth-order valence-corrected chi connectivity index (χ4v) is 2.03. The van der Waals surface area contributed by atoms with Crippen LogP contribution in [0.2, 0.25) is 0 Å². The largest absolute Gasteiger partial charge is 0.350 e. The molecule has 0 fully saturated rings. The van der Waals surface area contributed by atoms with Crippen molar-refractivity contribution in [3.63, 3.8) is 0 Å². The Morgan fingerprint density at radius 1 is 1.33 bits per heavy atom. The molecule has 3 rings (SSSR count). The molecule has 2 heterocycles. The first-order chi connectivity index (χ1) is 8.74. The van der Waals surface area contributed by atoms with Gasteiger partial charge >= 0.3 is 0 Å². The van der Waals surface area contributed by atoms with E-state index in [-0.39, 0.29) is 0 Å². The number of nitrogens with one attached hydrogen (secondary N) is 2. The van der Waals surface area contributed by atoms with Crippen LogP contribution in [0.4, 0.5) is 5.95 Å². The Labute approximate surface area is 105 Å². The summed E-state index contributed by atoms with van der Waals surface area (Å²) >= 11 is 0. The maximum Gasteiger partial charge on any atom is 0.201 e. The number of hydrogen-bond acceptors (Lipinski definition) is 3. The van der Waals surface area contributed by atoms with Crippen LogP contribution in [0, 0.1) is 6.92 Å². The molecule has 0 saturated carbocycles. The van der Waals surface area contributed by atoms with Crippen molar-refractivity contribution in [3.8, 4) is 0 Å². The molecule has 0 unspecified atom stereocenters. The second kappa shape index (κ2) is 4.18. The smallest absolute Gasteiger partial charge is 0.201 e. The Bertz CT molecular complexity index is 627. The molecule has 0 aliphatic carbocycles. The minimum absolute atomic E-state index is 0.710. The van der Waals surface area contributed by atoms with Crippen molar-refractivity contribution in [1.29, 1.82) is 0 Å². The molecule has 5 heteroatoms. The van der Waals surface area contributed by atoms with Crippen molar-refractivity contribution >= 4 is 17.0 Å². The van der Waals surface area contributed by atoms with Crippen LogP contribution in [0.15, 0.2) is 30.5 Å². The number of aromatic amines is 1. The highest BCUT2D eigenvalue weighted by atomic mass is 15.3. The Hall–Kier alpha value is -2.30. The SMILES string of the molecule is Cc1cnn(C)c1CNc1nc2ccccc2[nH]1. The Balaban J connectivity index is 1.81. The van der Waals surface area contributed by atoms with Crippen molar-refractivity contribution < 1.29 is 0 Å². The minimum atomic E-state index is 0.710. The maximum absolute atomic E-state index is 4.48. The number of anilines is 1. The van der Waals surface area contributed by atoms with E-state index in [0.29, 0.717) is 6.54 Å². The number of fused-ring (bicyclic) bond motifs is 1. The van der Waals surface area contributed by atoms with Crippen LogP contribution in [0.5, 0.6) is 0 Å². The van der Waals surface area contributed by atoms with E-state index < -0.39 is 0 Å². The lowest BCUT2D eigenvalue weighted by molar-refractivity contribution is 0.718. The molecule has 0 aliphatic heterocycles. The second-order valence-corrected chi connectivity index (χ2v) is 4.35. The molecule has 0 saturated heterocycles. The van der Waals surface area contributed by atoms with Crippen LogP contribution in [0.3, 0.4) is 0 Å². The molecule has 18 heavy (non-hydrogen) atoms. The molecule has 0 bridgehead atoms. The van der Waals surface area contributed by atoms with E-state index in [1.54, 1.807) is 0 Å². The number of benzene rings is 1. The average Bonchev–Trinajstić information content (AvgIpc) is 2.91. The molecular weight excluding hydrogens is 226 g/mol. The molecule has 2 N–H and O–H groups in total. The molecule has 5 nitrogen and oxygen atoms in total. The molecule has 0 aliphatic rings. The fourth-order valence-electron chi connectivity index (χ4n) is 2.03. The lowest BCUT2D eigenvalue weighted by Crippen LogP contribution is -2.07. The second-order valence-electron chi connectivity index (χ2n) is 4.35. The summed E-state index contributed by atoms with van der Waals surface area (Å²) in [5, 5.41) is 7.51. The van der Waals surface area contributed by atoms with Gasteiger partial charge in [0.25, 0.3) is 0 Å². The lowest BCUT2D eigenvalue weighted by atomic mass is 10.3. The van der Waals surface area contributed by atoms with Crippen molar-refractivity contribution in [3.05, 3.63) is 41.7 Å². The van der Waals surface area contributed by atoms with Gasteiger partial charge in [-0.05, 0) is 24.6 Å². The van der Waals surface area contributed by atoms with Gasteiger partial charge in [-0.1, -0.05) is 12.1 Å². The summed E-state index contributed by atoms with van der Waals surface area (Å²) in [6.07, 6.45) is 1.87. The van der Waals surface area contributed by atoms with Crippen molar-refractivity contribution in [2.24, 2.45) is 7.05 Å². The number of rotatable bonds is 3. The Morgan fingerprint density at radius 2 is 2.17 bits per heavy atom. The van der Waals surface area contributed by atoms with Gasteiger partial charge in [-0.15, -0.1) is 0 Å². The zero-order valence-corrected chi connectivity index (χ0v) is 10.4. The van der Waals surface area contributed by atoms with Crippen LogP contribution in [-0.4, -0.2) is 19.7 Å². The first kappa shape index (κ1) is 10.8. The molecule has 1 aromatic carbocycles. The van der Waals surface area contributed by atoms with Crippen LogP contribution < -0.4 is 5.32 Å². The third-order valence-corrected chi connectivity index (χ3v) is 3.08. The summed E-state index contributed by atoms with van der Waals surface area (Å²) in [6.45, 7) is 2.77. The normalized spacial score (nSPS) is 11.0. The van der Waals surface area contributed by atoms with Gasteiger partial charge in [0, 0.05) is 7.05 Å².